The monoisotopic (exact) mass is 580 g/mol. The molecular formula is C24H30BrFN6O5. The predicted molar refractivity (Wildman–Crippen MR) is 136 cm³/mol. The molecule has 2 fully saturated rings. The van der Waals surface area contributed by atoms with Crippen molar-refractivity contribution in [2.45, 2.75) is 44.9 Å². The molecule has 2 aliphatic heterocycles. The number of nitrogens with one attached hydrogen (secondary N) is 2. The molecule has 2 saturated heterocycles. The van der Waals surface area contributed by atoms with Crippen LogP contribution < -0.4 is 10.8 Å². The second-order valence-electron chi connectivity index (χ2n) is 8.89. The van der Waals surface area contributed by atoms with Crippen LogP contribution in [0.3, 0.4) is 0 Å². The van der Waals surface area contributed by atoms with Crippen molar-refractivity contribution < 1.29 is 28.7 Å². The molecule has 0 radical (unpaired) electrons. The molecule has 4 rings (SSSR count). The maximum atomic E-state index is 13.4. The summed E-state index contributed by atoms with van der Waals surface area (Å²) in [6.45, 7) is 2.47. The molecule has 2 aliphatic rings. The molecule has 1 unspecified atom stereocenters. The molecule has 1 aromatic carbocycles. The third kappa shape index (κ3) is 7.57. The molecule has 2 amide bonds. The number of hydrogen-bond acceptors (Lipinski definition) is 7. The number of amidine groups is 1. The molecule has 11 nitrogen and oxygen atoms in total. The lowest BCUT2D eigenvalue weighted by molar-refractivity contribution is -0.163. The third-order valence-electron chi connectivity index (χ3n) is 6.28. The lowest BCUT2D eigenvalue weighted by Gasteiger charge is -2.31. The van der Waals surface area contributed by atoms with Crippen molar-refractivity contribution in [3.05, 3.63) is 40.9 Å². The van der Waals surface area contributed by atoms with Gasteiger partial charge in [-0.2, -0.15) is 5.10 Å². The first-order valence-electron chi connectivity index (χ1n) is 12.2. The minimum atomic E-state index is -0.458. The normalized spacial score (nSPS) is 19.1. The summed E-state index contributed by atoms with van der Waals surface area (Å²) in [5.74, 6) is -1.47. The number of hydroxylamine groups is 1. The van der Waals surface area contributed by atoms with Gasteiger partial charge in [-0.05, 0) is 66.2 Å². The maximum Gasteiger partial charge on any atom is 0.321 e. The Morgan fingerprint density at radius 3 is 2.78 bits per heavy atom. The number of aromatic nitrogens is 2. The van der Waals surface area contributed by atoms with Gasteiger partial charge in [0, 0.05) is 31.8 Å². The highest BCUT2D eigenvalue weighted by atomic mass is 79.9. The SMILES string of the molecule is O=C(C(=Nc1ccc(F)c(Br)c1)NO)C1CCN(C(=O)Nc2cnn(CCOC3CCCCO3)c2)CC1. The molecule has 0 saturated carbocycles. The van der Waals surface area contributed by atoms with Crippen molar-refractivity contribution in [1.29, 1.82) is 0 Å². The zero-order chi connectivity index (χ0) is 26.2. The van der Waals surface area contributed by atoms with Gasteiger partial charge in [0.2, 0.25) is 5.78 Å². The van der Waals surface area contributed by atoms with Crippen LogP contribution in [0.2, 0.25) is 0 Å². The number of ketones is 1. The summed E-state index contributed by atoms with van der Waals surface area (Å²) in [6, 6.07) is 3.75. The molecule has 37 heavy (non-hydrogen) atoms. The smallest absolute Gasteiger partial charge is 0.321 e. The van der Waals surface area contributed by atoms with Gasteiger partial charge in [-0.15, -0.1) is 0 Å². The van der Waals surface area contributed by atoms with Crippen LogP contribution in [0.5, 0.6) is 0 Å². The van der Waals surface area contributed by atoms with E-state index in [4.69, 9.17) is 9.47 Å². The van der Waals surface area contributed by atoms with Crippen molar-refractivity contribution in [3.63, 3.8) is 0 Å². The number of piperidine rings is 1. The van der Waals surface area contributed by atoms with Crippen molar-refractivity contribution in [2.75, 3.05) is 31.6 Å². The Hall–Kier alpha value is -2.87. The minimum Gasteiger partial charge on any atom is -0.353 e. The van der Waals surface area contributed by atoms with Gasteiger partial charge in [0.15, 0.2) is 12.1 Å². The first-order valence-corrected chi connectivity index (χ1v) is 13.0. The number of amides is 2. The van der Waals surface area contributed by atoms with E-state index in [1.165, 1.54) is 18.2 Å². The molecule has 2 aromatic rings. The summed E-state index contributed by atoms with van der Waals surface area (Å²) < 4.78 is 26.6. The number of carbonyl (C=O) groups excluding carboxylic acids is 2. The van der Waals surface area contributed by atoms with Gasteiger partial charge in [-0.3, -0.25) is 14.7 Å². The summed E-state index contributed by atoms with van der Waals surface area (Å²) in [4.78, 5) is 31.3. The third-order valence-corrected chi connectivity index (χ3v) is 6.89. The van der Waals surface area contributed by atoms with Gasteiger partial charge in [0.1, 0.15) is 5.82 Å². The average molecular weight is 581 g/mol. The van der Waals surface area contributed by atoms with Gasteiger partial charge in [0.25, 0.3) is 0 Å². The van der Waals surface area contributed by atoms with Gasteiger partial charge in [0.05, 0.1) is 35.2 Å². The molecule has 200 valence electrons. The predicted octanol–water partition coefficient (Wildman–Crippen LogP) is 3.85. The fraction of sp³-hybridized carbons (Fsp3) is 0.500. The van der Waals surface area contributed by atoms with Gasteiger partial charge in [-0.25, -0.2) is 19.7 Å². The number of hydrogen-bond donors (Lipinski definition) is 3. The topological polar surface area (TPSA) is 130 Å². The van der Waals surface area contributed by atoms with E-state index in [0.717, 1.165) is 25.9 Å². The Morgan fingerprint density at radius 2 is 2.08 bits per heavy atom. The Balaban J connectivity index is 1.23. The Morgan fingerprint density at radius 1 is 1.27 bits per heavy atom. The fourth-order valence-corrected chi connectivity index (χ4v) is 4.60. The number of rotatable bonds is 8. The summed E-state index contributed by atoms with van der Waals surface area (Å²) in [5.41, 5.74) is 2.74. The van der Waals surface area contributed by atoms with Crippen LogP contribution in [0.4, 0.5) is 20.6 Å². The largest absolute Gasteiger partial charge is 0.353 e. The summed E-state index contributed by atoms with van der Waals surface area (Å²) in [6.07, 6.45) is 7.08. The fourth-order valence-electron chi connectivity index (χ4n) is 4.23. The van der Waals surface area contributed by atoms with Crippen LogP contribution in [0.15, 0.2) is 40.1 Å². The number of Topliss-reactive ketones (excluding diaryl/α,β-unsaturated/α-hetero) is 1. The van der Waals surface area contributed by atoms with E-state index in [9.17, 15) is 19.2 Å². The van der Waals surface area contributed by atoms with E-state index < -0.39 is 11.7 Å². The number of nitrogens with zero attached hydrogens (tertiary/aromatic N) is 4. The van der Waals surface area contributed by atoms with E-state index in [1.807, 2.05) is 5.48 Å². The lowest BCUT2D eigenvalue weighted by Crippen LogP contribution is -2.44. The molecule has 1 aromatic heterocycles. The molecule has 3 heterocycles. The number of anilines is 1. The Labute approximate surface area is 222 Å². The van der Waals surface area contributed by atoms with Crippen molar-refractivity contribution in [1.82, 2.24) is 20.2 Å². The Kier molecular flexibility index (Phi) is 9.61. The number of likely N-dealkylation sites (tertiary alicyclic amines) is 1. The zero-order valence-electron chi connectivity index (χ0n) is 20.2. The molecule has 1 atom stereocenters. The second-order valence-corrected chi connectivity index (χ2v) is 9.74. The van der Waals surface area contributed by atoms with E-state index in [-0.39, 0.29) is 28.4 Å². The maximum absolute atomic E-state index is 13.4. The highest BCUT2D eigenvalue weighted by molar-refractivity contribution is 9.10. The summed E-state index contributed by atoms with van der Waals surface area (Å²) >= 11 is 3.07. The van der Waals surface area contributed by atoms with Crippen molar-refractivity contribution in [3.8, 4) is 0 Å². The number of urea groups is 1. The number of benzene rings is 1. The van der Waals surface area contributed by atoms with Crippen molar-refractivity contribution >= 4 is 45.0 Å². The highest BCUT2D eigenvalue weighted by Gasteiger charge is 2.30. The van der Waals surface area contributed by atoms with E-state index in [0.29, 0.717) is 50.5 Å². The van der Waals surface area contributed by atoms with Crippen LogP contribution >= 0.6 is 15.9 Å². The quantitative estimate of drug-likeness (QED) is 0.245. The number of carbonyl (C=O) groups is 2. The van der Waals surface area contributed by atoms with Gasteiger partial charge in [-0.1, -0.05) is 0 Å². The summed E-state index contributed by atoms with van der Waals surface area (Å²) in [7, 11) is 0. The zero-order valence-corrected chi connectivity index (χ0v) is 21.8. The minimum absolute atomic E-state index is 0.154. The molecule has 0 bridgehead atoms. The first kappa shape index (κ1) is 27.2. The standard InChI is InChI=1S/C24H30BrFN6O5/c25-19-13-17(4-5-20(19)26)28-23(30-35)22(33)16-6-8-31(9-7-16)24(34)29-18-14-27-32(15-18)10-12-37-21-3-1-2-11-36-21/h4-5,13-16,21,35H,1-3,6-12H2,(H,28,30)(H,29,34). The van der Waals surface area contributed by atoms with E-state index in [1.54, 1.807) is 22.0 Å². The average Bonchev–Trinajstić information content (AvgIpc) is 3.36. The van der Waals surface area contributed by atoms with Gasteiger partial charge < -0.3 is 19.7 Å². The second kappa shape index (κ2) is 13.1. The number of ether oxygens (including phenoxy) is 2. The van der Waals surface area contributed by atoms with Crippen LogP contribution in [0.25, 0.3) is 0 Å². The van der Waals surface area contributed by atoms with E-state index in [2.05, 4.69) is 31.3 Å². The lowest BCUT2D eigenvalue weighted by atomic mass is 9.92. The van der Waals surface area contributed by atoms with Crippen LogP contribution in [-0.4, -0.2) is 70.1 Å². The van der Waals surface area contributed by atoms with Crippen LogP contribution in [-0.2, 0) is 20.8 Å². The van der Waals surface area contributed by atoms with Crippen LogP contribution in [0.1, 0.15) is 32.1 Å². The van der Waals surface area contributed by atoms with Gasteiger partial charge >= 0.3 is 6.03 Å². The van der Waals surface area contributed by atoms with Crippen molar-refractivity contribution in [2.24, 2.45) is 10.9 Å². The van der Waals surface area contributed by atoms with E-state index >= 15 is 0 Å². The highest BCUT2D eigenvalue weighted by Crippen LogP contribution is 2.24. The number of aliphatic imine (C=N–C) groups is 1. The molecule has 0 spiro atoms. The van der Waals surface area contributed by atoms with Crippen LogP contribution in [0, 0.1) is 11.7 Å². The molecule has 0 aliphatic carbocycles. The summed E-state index contributed by atoms with van der Waals surface area (Å²) in [5, 5.41) is 16.5. The Bertz CT molecular complexity index is 1110. The molecule has 3 N–H and O–H groups in total. The first-order chi connectivity index (χ1) is 17.9. The number of halogens is 2. The molecule has 13 heteroatoms. The molecular weight excluding hydrogens is 551 g/mol.